The minimum Gasteiger partial charge on any atom is -0.508 e. The Labute approximate surface area is 157 Å². The number of amides is 1. The first-order valence-corrected chi connectivity index (χ1v) is 9.09. The second-order valence-electron chi connectivity index (χ2n) is 6.97. The summed E-state index contributed by atoms with van der Waals surface area (Å²) in [7, 11) is 0. The topological polar surface area (TPSA) is 75.4 Å². The van der Waals surface area contributed by atoms with E-state index in [1.807, 2.05) is 41.1 Å². The number of aryl methyl sites for hydroxylation is 1. The van der Waals surface area contributed by atoms with E-state index in [0.29, 0.717) is 25.1 Å². The summed E-state index contributed by atoms with van der Waals surface area (Å²) in [5, 5.41) is 12.4. The van der Waals surface area contributed by atoms with E-state index in [2.05, 4.69) is 4.98 Å². The van der Waals surface area contributed by atoms with Gasteiger partial charge < -0.3 is 14.6 Å². The van der Waals surface area contributed by atoms with Crippen molar-refractivity contribution in [3.63, 3.8) is 0 Å². The summed E-state index contributed by atoms with van der Waals surface area (Å²) in [5.41, 5.74) is 0.655. The minimum absolute atomic E-state index is 0.118. The molecule has 2 unspecified atom stereocenters. The molecular formula is C21H21N3O3. The van der Waals surface area contributed by atoms with Crippen LogP contribution in [0.2, 0.25) is 0 Å². The highest BCUT2D eigenvalue weighted by Crippen LogP contribution is 2.43. The van der Waals surface area contributed by atoms with Crippen LogP contribution < -0.4 is 0 Å². The lowest BCUT2D eigenvalue weighted by Gasteiger charge is -2.28. The Balaban J connectivity index is 1.69. The third-order valence-electron chi connectivity index (χ3n) is 5.31. The fraction of sp³-hybridized carbons (Fsp3) is 0.286. The van der Waals surface area contributed by atoms with Crippen molar-refractivity contribution in [1.82, 2.24) is 14.5 Å². The van der Waals surface area contributed by atoms with E-state index >= 15 is 0 Å². The molecule has 3 aromatic rings. The Bertz CT molecular complexity index is 997. The lowest BCUT2D eigenvalue weighted by molar-refractivity contribution is -0.141. The van der Waals surface area contributed by atoms with E-state index in [0.717, 1.165) is 10.8 Å². The first kappa shape index (κ1) is 17.3. The molecule has 27 heavy (non-hydrogen) atoms. The van der Waals surface area contributed by atoms with E-state index in [-0.39, 0.29) is 5.75 Å². The van der Waals surface area contributed by atoms with E-state index < -0.39 is 23.7 Å². The van der Waals surface area contributed by atoms with Gasteiger partial charge in [-0.3, -0.25) is 9.59 Å². The first-order chi connectivity index (χ1) is 13.1. The van der Waals surface area contributed by atoms with Crippen LogP contribution in [-0.4, -0.2) is 37.8 Å². The number of phenols is 1. The van der Waals surface area contributed by atoms with Gasteiger partial charge in [-0.15, -0.1) is 0 Å². The third-order valence-corrected chi connectivity index (χ3v) is 5.31. The van der Waals surface area contributed by atoms with Gasteiger partial charge in [0.25, 0.3) is 5.91 Å². The summed E-state index contributed by atoms with van der Waals surface area (Å²) in [6.07, 6.45) is 6.01. The molecule has 138 valence electrons. The van der Waals surface area contributed by atoms with E-state index in [1.54, 1.807) is 30.4 Å². The van der Waals surface area contributed by atoms with Gasteiger partial charge in [0.2, 0.25) is 5.78 Å². The molecule has 0 saturated carbocycles. The number of likely N-dealkylation sites (tertiary alicyclic amines) is 1. The molecule has 2 atom stereocenters. The molecule has 1 saturated heterocycles. The molecule has 4 rings (SSSR count). The van der Waals surface area contributed by atoms with Gasteiger partial charge in [-0.2, -0.15) is 0 Å². The van der Waals surface area contributed by atoms with Crippen molar-refractivity contribution in [3.8, 4) is 5.75 Å². The second-order valence-corrected chi connectivity index (χ2v) is 6.97. The maximum Gasteiger partial charge on any atom is 0.290 e. The average Bonchev–Trinajstić information content (AvgIpc) is 3.26. The van der Waals surface area contributed by atoms with Crippen molar-refractivity contribution in [2.45, 2.75) is 25.9 Å². The molecule has 1 aliphatic rings. The van der Waals surface area contributed by atoms with Gasteiger partial charge in [0.15, 0.2) is 0 Å². The van der Waals surface area contributed by atoms with Crippen LogP contribution in [0.1, 0.15) is 24.9 Å². The number of phenolic OH excluding ortho intramolecular Hbond substituents is 1. The van der Waals surface area contributed by atoms with E-state index in [4.69, 9.17) is 0 Å². The lowest BCUT2D eigenvalue weighted by atomic mass is 9.90. The summed E-state index contributed by atoms with van der Waals surface area (Å²) in [5.74, 6) is -1.24. The summed E-state index contributed by atoms with van der Waals surface area (Å²) < 4.78 is 1.94. The van der Waals surface area contributed by atoms with Crippen molar-refractivity contribution in [1.29, 1.82) is 0 Å². The molecule has 0 bridgehead atoms. The van der Waals surface area contributed by atoms with Crippen LogP contribution in [-0.2, 0) is 16.1 Å². The SMILES string of the molecule is CC1C(=O)C(=O)N(CCCn2ccnc2)C1c1c(O)ccc2ccccc12. The second kappa shape index (κ2) is 6.87. The van der Waals surface area contributed by atoms with Crippen LogP contribution in [0.25, 0.3) is 10.8 Å². The van der Waals surface area contributed by atoms with Gasteiger partial charge in [0.05, 0.1) is 12.4 Å². The highest BCUT2D eigenvalue weighted by atomic mass is 16.3. The van der Waals surface area contributed by atoms with Crippen LogP contribution in [0.4, 0.5) is 0 Å². The van der Waals surface area contributed by atoms with E-state index in [1.165, 1.54) is 0 Å². The van der Waals surface area contributed by atoms with Crippen LogP contribution >= 0.6 is 0 Å². The van der Waals surface area contributed by atoms with Gasteiger partial charge in [-0.25, -0.2) is 4.98 Å². The summed E-state index contributed by atoms with van der Waals surface area (Å²) >= 11 is 0. The van der Waals surface area contributed by atoms with Crippen molar-refractivity contribution in [2.75, 3.05) is 6.54 Å². The molecule has 1 amide bonds. The number of imidazole rings is 1. The molecule has 6 heteroatoms. The largest absolute Gasteiger partial charge is 0.508 e. The molecule has 1 aliphatic heterocycles. The zero-order valence-electron chi connectivity index (χ0n) is 15.1. The average molecular weight is 363 g/mol. The van der Waals surface area contributed by atoms with Crippen molar-refractivity contribution in [3.05, 3.63) is 60.7 Å². The van der Waals surface area contributed by atoms with Crippen LogP contribution in [0, 0.1) is 5.92 Å². The summed E-state index contributed by atoms with van der Waals surface area (Å²) in [6, 6.07) is 10.7. The number of hydrogen-bond acceptors (Lipinski definition) is 4. The zero-order valence-corrected chi connectivity index (χ0v) is 15.1. The molecule has 2 aromatic carbocycles. The molecule has 2 heterocycles. The maximum absolute atomic E-state index is 12.6. The quantitative estimate of drug-likeness (QED) is 0.707. The number of fused-ring (bicyclic) bond motifs is 1. The van der Waals surface area contributed by atoms with Crippen LogP contribution in [0.15, 0.2) is 55.1 Å². The standard InChI is InChI=1S/C21H21N3O3/c1-14-19(18-16-6-3-2-5-15(16)7-8-17(18)25)24(21(27)20(14)26)11-4-10-23-12-9-22-13-23/h2-3,5-9,12-14,19,25H,4,10-11H2,1H3. The lowest BCUT2D eigenvalue weighted by Crippen LogP contribution is -2.31. The number of Topliss-reactive ketones (excluding diaryl/α,β-unsaturated/α-hetero) is 1. The summed E-state index contributed by atoms with van der Waals surface area (Å²) in [4.78, 5) is 30.7. The zero-order chi connectivity index (χ0) is 19.0. The normalized spacial score (nSPS) is 20.0. The minimum atomic E-state index is -0.498. The molecular weight excluding hydrogens is 342 g/mol. The van der Waals surface area contributed by atoms with Crippen molar-refractivity contribution >= 4 is 22.5 Å². The highest BCUT2D eigenvalue weighted by molar-refractivity contribution is 6.39. The molecule has 1 fully saturated rings. The van der Waals surface area contributed by atoms with Crippen molar-refractivity contribution < 1.29 is 14.7 Å². The number of aromatic nitrogens is 2. The first-order valence-electron chi connectivity index (χ1n) is 9.09. The predicted molar refractivity (Wildman–Crippen MR) is 101 cm³/mol. The molecule has 1 N–H and O–H groups in total. The predicted octanol–water partition coefficient (Wildman–Crippen LogP) is 2.92. The third kappa shape index (κ3) is 2.97. The number of ketones is 1. The Kier molecular flexibility index (Phi) is 4.39. The van der Waals surface area contributed by atoms with Crippen molar-refractivity contribution in [2.24, 2.45) is 5.92 Å². The fourth-order valence-electron chi connectivity index (χ4n) is 3.96. The van der Waals surface area contributed by atoms with E-state index in [9.17, 15) is 14.7 Å². The summed E-state index contributed by atoms with van der Waals surface area (Å²) in [6.45, 7) is 2.92. The monoisotopic (exact) mass is 363 g/mol. The number of nitrogens with zero attached hydrogens (tertiary/aromatic N) is 3. The maximum atomic E-state index is 12.6. The van der Waals surface area contributed by atoms with Crippen LogP contribution in [0.3, 0.4) is 0 Å². The van der Waals surface area contributed by atoms with Gasteiger partial charge >= 0.3 is 0 Å². The Morgan fingerprint density at radius 2 is 1.93 bits per heavy atom. The molecule has 0 radical (unpaired) electrons. The van der Waals surface area contributed by atoms with Gasteiger partial charge in [-0.05, 0) is 23.3 Å². The van der Waals surface area contributed by atoms with Gasteiger partial charge in [0, 0.05) is 37.0 Å². The number of rotatable bonds is 5. The molecule has 0 spiro atoms. The highest BCUT2D eigenvalue weighted by Gasteiger charge is 2.46. The number of carbonyl (C=O) groups is 2. The number of benzene rings is 2. The number of hydrogen-bond donors (Lipinski definition) is 1. The number of carbonyl (C=O) groups excluding carboxylic acids is 2. The Hall–Kier alpha value is -3.15. The molecule has 6 nitrogen and oxygen atoms in total. The molecule has 0 aliphatic carbocycles. The Morgan fingerprint density at radius 1 is 1.11 bits per heavy atom. The van der Waals surface area contributed by atoms with Gasteiger partial charge in [-0.1, -0.05) is 37.3 Å². The Morgan fingerprint density at radius 3 is 2.70 bits per heavy atom. The van der Waals surface area contributed by atoms with Gasteiger partial charge in [0.1, 0.15) is 5.75 Å². The smallest absolute Gasteiger partial charge is 0.290 e. The molecule has 1 aromatic heterocycles. The fourth-order valence-corrected chi connectivity index (χ4v) is 3.96. The number of aromatic hydroxyl groups is 1. The van der Waals surface area contributed by atoms with Crippen LogP contribution in [0.5, 0.6) is 5.75 Å².